The van der Waals surface area contributed by atoms with Gasteiger partial charge in [0, 0.05) is 11.5 Å². The summed E-state index contributed by atoms with van der Waals surface area (Å²) < 4.78 is 5.49. The molecule has 1 fully saturated rings. The second kappa shape index (κ2) is 8.36. The Morgan fingerprint density at radius 3 is 2.61 bits per heavy atom. The predicted molar refractivity (Wildman–Crippen MR) is 87.9 cm³/mol. The molecular weight excluding hydrogens is 294 g/mol. The number of benzene rings is 1. The third-order valence-corrected chi connectivity index (χ3v) is 3.98. The summed E-state index contributed by atoms with van der Waals surface area (Å²) in [6, 6.07) is 7.17. The van der Waals surface area contributed by atoms with Crippen LogP contribution in [0.3, 0.4) is 0 Å². The van der Waals surface area contributed by atoms with Gasteiger partial charge < -0.3 is 15.2 Å². The number of rotatable bonds is 6. The molecule has 0 spiro atoms. The number of carbonyl (C=O) groups excluding carboxylic acids is 1. The van der Waals surface area contributed by atoms with Gasteiger partial charge in [0.25, 0.3) is 0 Å². The monoisotopic (exact) mass is 317 g/mol. The second-order valence-electron chi connectivity index (χ2n) is 5.66. The van der Waals surface area contributed by atoms with E-state index in [9.17, 15) is 14.7 Å². The summed E-state index contributed by atoms with van der Waals surface area (Å²) in [5, 5.41) is 11.9. The van der Waals surface area contributed by atoms with Crippen LogP contribution in [0.1, 0.15) is 44.6 Å². The van der Waals surface area contributed by atoms with Gasteiger partial charge in [-0.05, 0) is 31.9 Å². The Bertz CT molecular complexity index is 588. The highest BCUT2D eigenvalue weighted by molar-refractivity contribution is 5.97. The number of hydrogen-bond acceptors (Lipinski definition) is 3. The number of hydrogen-bond donors (Lipinski definition) is 2. The van der Waals surface area contributed by atoms with Crippen LogP contribution >= 0.6 is 0 Å². The first kappa shape index (κ1) is 17.1. The van der Waals surface area contributed by atoms with Crippen molar-refractivity contribution in [2.75, 3.05) is 6.61 Å². The van der Waals surface area contributed by atoms with E-state index in [1.54, 1.807) is 18.2 Å². The molecular formula is C18H23NO4. The molecule has 0 unspecified atom stereocenters. The third kappa shape index (κ3) is 4.84. The van der Waals surface area contributed by atoms with Crippen molar-refractivity contribution in [3.05, 3.63) is 35.5 Å². The van der Waals surface area contributed by atoms with Gasteiger partial charge in [-0.15, -0.1) is 0 Å². The zero-order valence-corrected chi connectivity index (χ0v) is 13.4. The van der Waals surface area contributed by atoms with E-state index in [4.69, 9.17) is 4.74 Å². The summed E-state index contributed by atoms with van der Waals surface area (Å²) in [5.74, 6) is -0.845. The SMILES string of the molecule is CCOc1ccccc1C=C(NC(=O)C1CCCCC1)C(=O)O. The topological polar surface area (TPSA) is 75.6 Å². The number of para-hydroxylation sites is 1. The summed E-state index contributed by atoms with van der Waals surface area (Å²) >= 11 is 0. The normalized spacial score (nSPS) is 16.0. The highest BCUT2D eigenvalue weighted by Crippen LogP contribution is 2.25. The number of amides is 1. The van der Waals surface area contributed by atoms with Gasteiger partial charge in [-0.2, -0.15) is 0 Å². The zero-order chi connectivity index (χ0) is 16.7. The molecule has 1 aliphatic carbocycles. The first-order valence-corrected chi connectivity index (χ1v) is 8.09. The van der Waals surface area contributed by atoms with Crippen molar-refractivity contribution in [1.29, 1.82) is 0 Å². The molecule has 5 nitrogen and oxygen atoms in total. The van der Waals surface area contributed by atoms with Crippen LogP contribution in [-0.4, -0.2) is 23.6 Å². The van der Waals surface area contributed by atoms with Crippen molar-refractivity contribution in [3.8, 4) is 5.75 Å². The molecule has 0 aliphatic heterocycles. The maximum Gasteiger partial charge on any atom is 0.352 e. The Labute approximate surface area is 136 Å². The fraction of sp³-hybridized carbons (Fsp3) is 0.444. The van der Waals surface area contributed by atoms with Gasteiger partial charge in [0.1, 0.15) is 11.4 Å². The van der Waals surface area contributed by atoms with Gasteiger partial charge in [-0.25, -0.2) is 4.79 Å². The predicted octanol–water partition coefficient (Wildman–Crippen LogP) is 3.21. The van der Waals surface area contributed by atoms with Gasteiger partial charge in [0.15, 0.2) is 0 Å². The average Bonchev–Trinajstić information content (AvgIpc) is 2.56. The molecule has 0 atom stereocenters. The molecule has 2 rings (SSSR count). The van der Waals surface area contributed by atoms with Gasteiger partial charge in [-0.1, -0.05) is 37.5 Å². The van der Waals surface area contributed by atoms with Crippen molar-refractivity contribution in [3.63, 3.8) is 0 Å². The standard InChI is InChI=1S/C18H23NO4/c1-2-23-16-11-7-6-10-14(16)12-15(18(21)22)19-17(20)13-8-4-3-5-9-13/h6-7,10-13H,2-5,8-9H2,1H3,(H,19,20)(H,21,22). The number of ether oxygens (including phenoxy) is 1. The first-order valence-electron chi connectivity index (χ1n) is 8.09. The van der Waals surface area contributed by atoms with Crippen molar-refractivity contribution >= 4 is 18.0 Å². The largest absolute Gasteiger partial charge is 0.493 e. The summed E-state index contributed by atoms with van der Waals surface area (Å²) in [6.45, 7) is 2.35. The summed E-state index contributed by atoms with van der Waals surface area (Å²) in [6.07, 6.45) is 6.30. The van der Waals surface area contributed by atoms with E-state index < -0.39 is 5.97 Å². The molecule has 0 heterocycles. The van der Waals surface area contributed by atoms with Gasteiger partial charge in [0.2, 0.25) is 5.91 Å². The fourth-order valence-electron chi connectivity index (χ4n) is 2.79. The summed E-state index contributed by atoms with van der Waals surface area (Å²) in [7, 11) is 0. The molecule has 23 heavy (non-hydrogen) atoms. The van der Waals surface area contributed by atoms with E-state index in [1.807, 2.05) is 13.0 Å². The van der Waals surface area contributed by atoms with Crippen LogP contribution in [0.2, 0.25) is 0 Å². The minimum atomic E-state index is -1.15. The quantitative estimate of drug-likeness (QED) is 0.790. The van der Waals surface area contributed by atoms with Gasteiger partial charge >= 0.3 is 5.97 Å². The van der Waals surface area contributed by atoms with Crippen molar-refractivity contribution in [1.82, 2.24) is 5.32 Å². The highest BCUT2D eigenvalue weighted by Gasteiger charge is 2.23. The van der Waals surface area contributed by atoms with Crippen LogP contribution in [0, 0.1) is 5.92 Å². The van der Waals surface area contributed by atoms with E-state index in [1.165, 1.54) is 6.08 Å². The van der Waals surface area contributed by atoms with E-state index in [-0.39, 0.29) is 17.5 Å². The Morgan fingerprint density at radius 2 is 1.96 bits per heavy atom. The minimum Gasteiger partial charge on any atom is -0.493 e. The molecule has 0 bridgehead atoms. The van der Waals surface area contributed by atoms with Crippen LogP contribution in [0.4, 0.5) is 0 Å². The molecule has 1 aromatic carbocycles. The number of carboxylic acid groups (broad SMARTS) is 1. The number of nitrogens with one attached hydrogen (secondary N) is 1. The van der Waals surface area contributed by atoms with Gasteiger partial charge in [0.05, 0.1) is 6.61 Å². The van der Waals surface area contributed by atoms with Crippen molar-refractivity contribution < 1.29 is 19.4 Å². The number of aliphatic carboxylic acids is 1. The molecule has 1 saturated carbocycles. The van der Waals surface area contributed by atoms with Crippen molar-refractivity contribution in [2.24, 2.45) is 5.92 Å². The Hall–Kier alpha value is -2.30. The zero-order valence-electron chi connectivity index (χ0n) is 13.4. The van der Waals surface area contributed by atoms with Crippen LogP contribution in [0.15, 0.2) is 30.0 Å². The molecule has 0 saturated heterocycles. The molecule has 1 aromatic rings. The lowest BCUT2D eigenvalue weighted by Crippen LogP contribution is -2.33. The van der Waals surface area contributed by atoms with Crippen LogP contribution in [0.25, 0.3) is 6.08 Å². The lowest BCUT2D eigenvalue weighted by atomic mass is 9.88. The Morgan fingerprint density at radius 1 is 1.26 bits per heavy atom. The van der Waals surface area contributed by atoms with Gasteiger partial charge in [-0.3, -0.25) is 4.79 Å². The second-order valence-corrected chi connectivity index (χ2v) is 5.66. The maximum absolute atomic E-state index is 12.3. The van der Waals surface area contributed by atoms with Crippen molar-refractivity contribution in [2.45, 2.75) is 39.0 Å². The number of carbonyl (C=O) groups is 2. The molecule has 0 radical (unpaired) electrons. The van der Waals surface area contributed by atoms with E-state index >= 15 is 0 Å². The van der Waals surface area contributed by atoms with Crippen LogP contribution < -0.4 is 10.1 Å². The molecule has 5 heteroatoms. The smallest absolute Gasteiger partial charge is 0.352 e. The van der Waals surface area contributed by atoms with Crippen LogP contribution in [-0.2, 0) is 9.59 Å². The average molecular weight is 317 g/mol. The summed E-state index contributed by atoms with van der Waals surface area (Å²) in [5.41, 5.74) is 0.517. The molecule has 0 aromatic heterocycles. The Balaban J connectivity index is 2.17. The van der Waals surface area contributed by atoms with E-state index in [0.29, 0.717) is 17.9 Å². The molecule has 1 aliphatic rings. The first-order chi connectivity index (χ1) is 11.1. The highest BCUT2D eigenvalue weighted by atomic mass is 16.5. The molecule has 124 valence electrons. The molecule has 2 N–H and O–H groups in total. The lowest BCUT2D eigenvalue weighted by Gasteiger charge is -2.20. The third-order valence-electron chi connectivity index (χ3n) is 3.98. The molecule has 1 amide bonds. The van der Waals surface area contributed by atoms with E-state index in [2.05, 4.69) is 5.32 Å². The van der Waals surface area contributed by atoms with E-state index in [0.717, 1.165) is 32.1 Å². The fourth-order valence-corrected chi connectivity index (χ4v) is 2.79. The minimum absolute atomic E-state index is 0.0892. The summed E-state index contributed by atoms with van der Waals surface area (Å²) in [4.78, 5) is 23.7. The Kier molecular flexibility index (Phi) is 6.20. The maximum atomic E-state index is 12.3. The number of carboxylic acids is 1. The van der Waals surface area contributed by atoms with Crippen LogP contribution in [0.5, 0.6) is 5.75 Å². The lowest BCUT2D eigenvalue weighted by molar-refractivity contribution is -0.135.